The topological polar surface area (TPSA) is 62.7 Å². The van der Waals surface area contributed by atoms with E-state index in [0.29, 0.717) is 22.6 Å². The first-order valence-electron chi connectivity index (χ1n) is 6.90. The van der Waals surface area contributed by atoms with Gasteiger partial charge in [-0.2, -0.15) is 5.10 Å². The van der Waals surface area contributed by atoms with Crippen LogP contribution in [-0.4, -0.2) is 20.7 Å². The Morgan fingerprint density at radius 3 is 3.05 bits per heavy atom. The molecule has 0 aliphatic heterocycles. The lowest BCUT2D eigenvalue weighted by Crippen LogP contribution is -2.16. The Balaban J connectivity index is 1.75. The molecule has 106 valence electrons. The van der Waals surface area contributed by atoms with Crippen LogP contribution in [0.5, 0.6) is 0 Å². The van der Waals surface area contributed by atoms with Crippen LogP contribution in [0, 0.1) is 0 Å². The van der Waals surface area contributed by atoms with E-state index in [1.54, 1.807) is 6.07 Å². The first-order valence-corrected chi connectivity index (χ1v) is 7.28. The van der Waals surface area contributed by atoms with Gasteiger partial charge in [0.15, 0.2) is 5.82 Å². The fraction of sp³-hybridized carbons (Fsp3) is 0.429. The largest absolute Gasteiger partial charge is 0.339 e. The molecule has 2 aromatic rings. The fourth-order valence-corrected chi connectivity index (χ4v) is 2.49. The highest BCUT2D eigenvalue weighted by Gasteiger charge is 2.28. The number of halogens is 1. The summed E-state index contributed by atoms with van der Waals surface area (Å²) >= 11 is 6.01. The number of amides is 1. The van der Waals surface area contributed by atoms with E-state index < -0.39 is 0 Å². The number of carbonyl (C=O) groups excluding carboxylic acids is 1. The molecular formula is C14H17ClN4O. The summed E-state index contributed by atoms with van der Waals surface area (Å²) in [5.74, 6) is 0.386. The number of carbonyl (C=O) groups is 1. The minimum absolute atomic E-state index is 0.168. The number of nitrogens with zero attached hydrogens (tertiary/aromatic N) is 2. The Kier molecular flexibility index (Phi) is 3.53. The van der Waals surface area contributed by atoms with Crippen molar-refractivity contribution >= 4 is 23.3 Å². The predicted octanol–water partition coefficient (Wildman–Crippen LogP) is 3.40. The Hall–Kier alpha value is -1.75. The molecule has 1 saturated carbocycles. The molecule has 1 fully saturated rings. The SMILES string of the molecule is CCCc1cc(NC(=O)c2cc(Cl)cn2C2CC2)n[nH]1. The van der Waals surface area contributed by atoms with Crippen molar-refractivity contribution in [3.05, 3.63) is 34.7 Å². The van der Waals surface area contributed by atoms with Crippen LogP contribution in [0.25, 0.3) is 0 Å². The second-order valence-corrected chi connectivity index (χ2v) is 5.60. The lowest BCUT2D eigenvalue weighted by atomic mass is 10.2. The summed E-state index contributed by atoms with van der Waals surface area (Å²) in [6.07, 6.45) is 5.99. The minimum Gasteiger partial charge on any atom is -0.339 e. The number of hydrogen-bond acceptors (Lipinski definition) is 2. The van der Waals surface area contributed by atoms with Crippen LogP contribution < -0.4 is 5.32 Å². The molecule has 1 aliphatic rings. The molecule has 0 atom stereocenters. The van der Waals surface area contributed by atoms with Gasteiger partial charge in [-0.05, 0) is 25.3 Å². The van der Waals surface area contributed by atoms with Crippen LogP contribution in [0.1, 0.15) is 48.4 Å². The van der Waals surface area contributed by atoms with Gasteiger partial charge < -0.3 is 9.88 Å². The van der Waals surface area contributed by atoms with Crippen molar-refractivity contribution in [2.75, 3.05) is 5.32 Å². The summed E-state index contributed by atoms with van der Waals surface area (Å²) in [7, 11) is 0. The highest BCUT2D eigenvalue weighted by atomic mass is 35.5. The first-order chi connectivity index (χ1) is 9.67. The summed E-state index contributed by atoms with van der Waals surface area (Å²) in [6.45, 7) is 2.10. The second-order valence-electron chi connectivity index (χ2n) is 5.16. The zero-order valence-electron chi connectivity index (χ0n) is 11.3. The van der Waals surface area contributed by atoms with Gasteiger partial charge in [-0.1, -0.05) is 24.9 Å². The van der Waals surface area contributed by atoms with Crippen LogP contribution in [-0.2, 0) is 6.42 Å². The van der Waals surface area contributed by atoms with E-state index >= 15 is 0 Å². The summed E-state index contributed by atoms with van der Waals surface area (Å²) in [5, 5.41) is 10.4. The number of anilines is 1. The van der Waals surface area contributed by atoms with Crippen molar-refractivity contribution in [2.45, 2.75) is 38.6 Å². The molecule has 0 spiro atoms. The van der Waals surface area contributed by atoms with Crippen molar-refractivity contribution in [3.63, 3.8) is 0 Å². The summed E-state index contributed by atoms with van der Waals surface area (Å²) in [4.78, 5) is 12.3. The summed E-state index contributed by atoms with van der Waals surface area (Å²) in [6, 6.07) is 3.99. The van der Waals surface area contributed by atoms with E-state index in [2.05, 4.69) is 22.4 Å². The number of hydrogen-bond donors (Lipinski definition) is 2. The van der Waals surface area contributed by atoms with Gasteiger partial charge in [0, 0.05) is 24.0 Å². The number of H-pyrrole nitrogens is 1. The van der Waals surface area contributed by atoms with Crippen LogP contribution in [0.4, 0.5) is 5.82 Å². The number of aromatic amines is 1. The van der Waals surface area contributed by atoms with E-state index in [-0.39, 0.29) is 5.91 Å². The highest BCUT2D eigenvalue weighted by Crippen LogP contribution is 2.37. The first kappa shape index (κ1) is 13.2. The number of rotatable bonds is 5. The average Bonchev–Trinajstić information content (AvgIpc) is 3.05. The molecule has 0 radical (unpaired) electrons. The van der Waals surface area contributed by atoms with E-state index in [0.717, 1.165) is 31.4 Å². The number of aryl methyl sites for hydroxylation is 1. The van der Waals surface area contributed by atoms with Crippen LogP contribution >= 0.6 is 11.6 Å². The standard InChI is InChI=1S/C14H17ClN4O/c1-2-3-10-7-13(18-17-10)16-14(20)12-6-9(15)8-19(12)11-4-5-11/h6-8,11H,2-5H2,1H3,(H2,16,17,18,20). The Morgan fingerprint density at radius 1 is 1.55 bits per heavy atom. The lowest BCUT2D eigenvalue weighted by molar-refractivity contribution is 0.101. The molecule has 5 nitrogen and oxygen atoms in total. The Labute approximate surface area is 122 Å². The van der Waals surface area contributed by atoms with Gasteiger partial charge in [-0.25, -0.2) is 0 Å². The molecule has 1 aliphatic carbocycles. The molecule has 6 heteroatoms. The average molecular weight is 293 g/mol. The van der Waals surface area contributed by atoms with E-state index in [9.17, 15) is 4.79 Å². The van der Waals surface area contributed by atoms with E-state index in [1.807, 2.05) is 16.8 Å². The van der Waals surface area contributed by atoms with Gasteiger partial charge in [0.25, 0.3) is 5.91 Å². The highest BCUT2D eigenvalue weighted by molar-refractivity contribution is 6.31. The molecule has 0 bridgehead atoms. The summed E-state index contributed by atoms with van der Waals surface area (Å²) < 4.78 is 1.96. The van der Waals surface area contributed by atoms with Crippen LogP contribution in [0.15, 0.2) is 18.3 Å². The molecule has 2 aromatic heterocycles. The zero-order valence-corrected chi connectivity index (χ0v) is 12.1. The maximum atomic E-state index is 12.3. The summed E-state index contributed by atoms with van der Waals surface area (Å²) in [5.41, 5.74) is 1.62. The molecule has 2 N–H and O–H groups in total. The molecule has 1 amide bonds. The predicted molar refractivity (Wildman–Crippen MR) is 78.2 cm³/mol. The third kappa shape index (κ3) is 2.72. The van der Waals surface area contributed by atoms with E-state index in [4.69, 9.17) is 11.6 Å². The van der Waals surface area contributed by atoms with Gasteiger partial charge in [0.05, 0.1) is 5.02 Å². The Morgan fingerprint density at radius 2 is 2.35 bits per heavy atom. The fourth-order valence-electron chi connectivity index (χ4n) is 2.29. The van der Waals surface area contributed by atoms with Gasteiger partial charge in [-0.3, -0.25) is 9.89 Å². The third-order valence-electron chi connectivity index (χ3n) is 3.38. The van der Waals surface area contributed by atoms with Crippen molar-refractivity contribution in [1.29, 1.82) is 0 Å². The number of nitrogens with one attached hydrogen (secondary N) is 2. The molecular weight excluding hydrogens is 276 g/mol. The molecule has 20 heavy (non-hydrogen) atoms. The smallest absolute Gasteiger partial charge is 0.273 e. The third-order valence-corrected chi connectivity index (χ3v) is 3.59. The van der Waals surface area contributed by atoms with Crippen molar-refractivity contribution in [1.82, 2.24) is 14.8 Å². The van der Waals surface area contributed by atoms with Crippen LogP contribution in [0.2, 0.25) is 5.02 Å². The van der Waals surface area contributed by atoms with Gasteiger partial charge in [-0.15, -0.1) is 0 Å². The van der Waals surface area contributed by atoms with Gasteiger partial charge in [0.2, 0.25) is 0 Å². The monoisotopic (exact) mass is 292 g/mol. The molecule has 2 heterocycles. The second kappa shape index (κ2) is 5.32. The molecule has 0 unspecified atom stereocenters. The molecule has 0 saturated heterocycles. The van der Waals surface area contributed by atoms with E-state index in [1.165, 1.54) is 0 Å². The van der Waals surface area contributed by atoms with Crippen molar-refractivity contribution in [2.24, 2.45) is 0 Å². The van der Waals surface area contributed by atoms with Crippen molar-refractivity contribution in [3.8, 4) is 0 Å². The zero-order chi connectivity index (χ0) is 14.1. The maximum absolute atomic E-state index is 12.3. The van der Waals surface area contributed by atoms with Gasteiger partial charge in [0.1, 0.15) is 5.69 Å². The van der Waals surface area contributed by atoms with Gasteiger partial charge >= 0.3 is 0 Å². The van der Waals surface area contributed by atoms with Crippen molar-refractivity contribution < 1.29 is 4.79 Å². The Bertz CT molecular complexity index is 627. The normalized spacial score (nSPS) is 14.5. The number of aromatic nitrogens is 3. The van der Waals surface area contributed by atoms with Crippen LogP contribution in [0.3, 0.4) is 0 Å². The maximum Gasteiger partial charge on any atom is 0.273 e. The quantitative estimate of drug-likeness (QED) is 0.887. The molecule has 3 rings (SSSR count). The molecule has 0 aromatic carbocycles. The minimum atomic E-state index is -0.168. The lowest BCUT2D eigenvalue weighted by Gasteiger charge is -2.06.